The maximum atomic E-state index is 12.5. The van der Waals surface area contributed by atoms with Crippen molar-refractivity contribution in [3.63, 3.8) is 0 Å². The molecule has 1 N–H and O–H groups in total. The zero-order valence-corrected chi connectivity index (χ0v) is 19.7. The van der Waals surface area contributed by atoms with Gasteiger partial charge in [-0.2, -0.15) is 5.26 Å². The fourth-order valence-electron chi connectivity index (χ4n) is 3.64. The number of aryl methyl sites for hydroxylation is 3. The van der Waals surface area contributed by atoms with Gasteiger partial charge in [-0.25, -0.2) is 0 Å². The van der Waals surface area contributed by atoms with Crippen LogP contribution in [0.5, 0.6) is 0 Å². The average Bonchev–Trinajstić information content (AvgIpc) is 3.05. The summed E-state index contributed by atoms with van der Waals surface area (Å²) in [6.07, 6.45) is 3.39. The summed E-state index contributed by atoms with van der Waals surface area (Å²) in [4.78, 5) is 12.5. The van der Waals surface area contributed by atoms with Crippen molar-refractivity contribution in [2.45, 2.75) is 33.6 Å². The van der Waals surface area contributed by atoms with Crippen LogP contribution < -0.4 is 5.32 Å². The van der Waals surface area contributed by atoms with Crippen molar-refractivity contribution in [2.24, 2.45) is 0 Å². The summed E-state index contributed by atoms with van der Waals surface area (Å²) in [5.74, 6) is -0.333. The molecule has 1 aromatic heterocycles. The van der Waals surface area contributed by atoms with E-state index in [-0.39, 0.29) is 11.5 Å². The number of benzene rings is 2. The monoisotopic (exact) mass is 475 g/mol. The number of carbonyl (C=O) groups excluding carboxylic acids is 1. The first-order valence-electron chi connectivity index (χ1n) is 10.3. The van der Waals surface area contributed by atoms with Gasteiger partial charge in [0, 0.05) is 28.1 Å². The summed E-state index contributed by atoms with van der Waals surface area (Å²) in [6, 6.07) is 20.4. The van der Waals surface area contributed by atoms with Crippen molar-refractivity contribution in [1.29, 1.82) is 5.26 Å². The molecule has 5 heteroatoms. The summed E-state index contributed by atoms with van der Waals surface area (Å²) in [5.41, 5.74) is 6.47. The van der Waals surface area contributed by atoms with Crippen LogP contribution in [0.1, 0.15) is 34.5 Å². The molecular formula is C26H26BrN3O. The second kappa shape index (κ2) is 10.3. The summed E-state index contributed by atoms with van der Waals surface area (Å²) < 4.78 is 3.20. The van der Waals surface area contributed by atoms with Gasteiger partial charge in [-0.15, -0.1) is 0 Å². The van der Waals surface area contributed by atoms with Gasteiger partial charge in [-0.05, 0) is 80.6 Å². The molecule has 158 valence electrons. The third-order valence-electron chi connectivity index (χ3n) is 5.31. The van der Waals surface area contributed by atoms with E-state index in [1.807, 2.05) is 44.2 Å². The maximum Gasteiger partial charge on any atom is 0.261 e. The lowest BCUT2D eigenvalue weighted by atomic mass is 10.1. The van der Waals surface area contributed by atoms with E-state index in [1.54, 1.807) is 6.08 Å². The van der Waals surface area contributed by atoms with Gasteiger partial charge in [0.1, 0.15) is 11.6 Å². The van der Waals surface area contributed by atoms with Crippen molar-refractivity contribution in [3.8, 4) is 11.8 Å². The Morgan fingerprint density at radius 2 is 1.87 bits per heavy atom. The molecule has 0 bridgehead atoms. The summed E-state index contributed by atoms with van der Waals surface area (Å²) in [5, 5.41) is 12.4. The average molecular weight is 476 g/mol. The van der Waals surface area contributed by atoms with Crippen molar-refractivity contribution in [1.82, 2.24) is 9.88 Å². The Bertz CT molecular complexity index is 1150. The first-order valence-corrected chi connectivity index (χ1v) is 11.1. The third-order valence-corrected chi connectivity index (χ3v) is 6.20. The van der Waals surface area contributed by atoms with Gasteiger partial charge in [-0.3, -0.25) is 4.79 Å². The Morgan fingerprint density at radius 3 is 2.55 bits per heavy atom. The molecule has 31 heavy (non-hydrogen) atoms. The lowest BCUT2D eigenvalue weighted by Crippen LogP contribution is -2.25. The Hall–Kier alpha value is -3.10. The van der Waals surface area contributed by atoms with Gasteiger partial charge in [0.25, 0.3) is 5.91 Å². The molecule has 4 nitrogen and oxygen atoms in total. The number of halogens is 1. The molecule has 0 radical (unpaired) electrons. The number of nitrogens with zero attached hydrogens (tertiary/aromatic N) is 2. The number of rotatable bonds is 7. The van der Waals surface area contributed by atoms with E-state index in [0.717, 1.165) is 45.5 Å². The number of hydrogen-bond donors (Lipinski definition) is 1. The molecule has 0 atom stereocenters. The first-order chi connectivity index (χ1) is 14.9. The molecule has 0 aliphatic rings. The van der Waals surface area contributed by atoms with Crippen LogP contribution in [0, 0.1) is 32.1 Å². The van der Waals surface area contributed by atoms with Crippen LogP contribution in [-0.4, -0.2) is 17.0 Å². The molecule has 3 rings (SSSR count). The Balaban J connectivity index is 1.72. The number of aromatic nitrogens is 1. The minimum Gasteiger partial charge on any atom is -0.351 e. The quantitative estimate of drug-likeness (QED) is 0.265. The normalized spacial score (nSPS) is 11.3. The molecular weight excluding hydrogens is 450 g/mol. The molecule has 2 aromatic carbocycles. The first kappa shape index (κ1) is 22.6. The Labute approximate surface area is 192 Å². The standard InChI is InChI=1S/C26H26BrN3O/c1-18-14-24(11-12-25(18)27)30-19(2)15-22(20(30)3)16-23(17-28)26(31)29-13-7-10-21-8-5-4-6-9-21/h4-6,8-9,11-12,14-16H,7,10,13H2,1-3H3,(H,29,31)/b23-16-. The number of amides is 1. The molecule has 0 aliphatic carbocycles. The number of hydrogen-bond acceptors (Lipinski definition) is 2. The van der Waals surface area contributed by atoms with E-state index in [2.05, 4.69) is 63.1 Å². The van der Waals surface area contributed by atoms with E-state index in [9.17, 15) is 10.1 Å². The zero-order valence-electron chi connectivity index (χ0n) is 18.1. The highest BCUT2D eigenvalue weighted by molar-refractivity contribution is 9.10. The number of nitriles is 1. The second-order valence-corrected chi connectivity index (χ2v) is 8.46. The van der Waals surface area contributed by atoms with E-state index >= 15 is 0 Å². The smallest absolute Gasteiger partial charge is 0.261 e. The van der Waals surface area contributed by atoms with Gasteiger partial charge in [-0.1, -0.05) is 46.3 Å². The molecule has 0 unspecified atom stereocenters. The minimum absolute atomic E-state index is 0.118. The lowest BCUT2D eigenvalue weighted by Gasteiger charge is -2.11. The van der Waals surface area contributed by atoms with Gasteiger partial charge < -0.3 is 9.88 Å². The van der Waals surface area contributed by atoms with Crippen LogP contribution in [0.2, 0.25) is 0 Å². The van der Waals surface area contributed by atoms with Crippen LogP contribution in [-0.2, 0) is 11.2 Å². The van der Waals surface area contributed by atoms with Gasteiger partial charge in [0.2, 0.25) is 0 Å². The lowest BCUT2D eigenvalue weighted by molar-refractivity contribution is -0.117. The van der Waals surface area contributed by atoms with Crippen LogP contribution >= 0.6 is 15.9 Å². The topological polar surface area (TPSA) is 57.8 Å². The molecule has 0 aliphatic heterocycles. The SMILES string of the molecule is Cc1cc(-n2c(C)cc(/C=C(/C#N)C(=O)NCCCc3ccccc3)c2C)ccc1Br. The third kappa shape index (κ3) is 5.53. The van der Waals surface area contributed by atoms with Crippen molar-refractivity contribution < 1.29 is 4.79 Å². The van der Waals surface area contributed by atoms with E-state index < -0.39 is 0 Å². The van der Waals surface area contributed by atoms with Gasteiger partial charge >= 0.3 is 0 Å². The predicted molar refractivity (Wildman–Crippen MR) is 129 cm³/mol. The Kier molecular flexibility index (Phi) is 7.49. The predicted octanol–water partition coefficient (Wildman–Crippen LogP) is 5.82. The fraction of sp³-hybridized carbons (Fsp3) is 0.231. The maximum absolute atomic E-state index is 12.5. The van der Waals surface area contributed by atoms with Crippen molar-refractivity contribution in [3.05, 3.63) is 92.7 Å². The molecule has 3 aromatic rings. The molecule has 0 saturated heterocycles. The summed E-state index contributed by atoms with van der Waals surface area (Å²) in [6.45, 7) is 6.61. The molecule has 1 heterocycles. The largest absolute Gasteiger partial charge is 0.351 e. The highest BCUT2D eigenvalue weighted by atomic mass is 79.9. The van der Waals surface area contributed by atoms with Gasteiger partial charge in [0.05, 0.1) is 0 Å². The van der Waals surface area contributed by atoms with Crippen LogP contribution in [0.4, 0.5) is 0 Å². The van der Waals surface area contributed by atoms with E-state index in [1.165, 1.54) is 5.56 Å². The van der Waals surface area contributed by atoms with Crippen LogP contribution in [0.25, 0.3) is 11.8 Å². The summed E-state index contributed by atoms with van der Waals surface area (Å²) >= 11 is 3.54. The number of nitrogens with one attached hydrogen (secondary N) is 1. The van der Waals surface area contributed by atoms with E-state index in [4.69, 9.17) is 0 Å². The van der Waals surface area contributed by atoms with Crippen molar-refractivity contribution in [2.75, 3.05) is 6.54 Å². The van der Waals surface area contributed by atoms with Crippen LogP contribution in [0.15, 0.2) is 64.6 Å². The molecule has 1 amide bonds. The summed E-state index contributed by atoms with van der Waals surface area (Å²) in [7, 11) is 0. The molecule has 0 saturated carbocycles. The minimum atomic E-state index is -0.333. The molecule has 0 spiro atoms. The highest BCUT2D eigenvalue weighted by Crippen LogP contribution is 2.26. The van der Waals surface area contributed by atoms with Crippen LogP contribution in [0.3, 0.4) is 0 Å². The van der Waals surface area contributed by atoms with Gasteiger partial charge in [0.15, 0.2) is 0 Å². The second-order valence-electron chi connectivity index (χ2n) is 7.61. The Morgan fingerprint density at radius 1 is 1.13 bits per heavy atom. The zero-order chi connectivity index (χ0) is 22.4. The van der Waals surface area contributed by atoms with E-state index in [0.29, 0.717) is 6.54 Å². The fourth-order valence-corrected chi connectivity index (χ4v) is 3.88. The highest BCUT2D eigenvalue weighted by Gasteiger charge is 2.14. The number of carbonyl (C=O) groups is 1. The van der Waals surface area contributed by atoms with Crippen molar-refractivity contribution >= 4 is 27.9 Å². The molecule has 0 fully saturated rings.